The number of hydrogen-bond donors (Lipinski definition) is 4. The molecule has 0 aromatic carbocycles. The van der Waals surface area contributed by atoms with Crippen LogP contribution < -0.4 is 22.0 Å². The molecular formula is C34H46F4N6O14P+. The number of nitrogens with zero attached hydrogens (tertiary/aromatic N) is 4. The first kappa shape index (κ1) is 48.6. The summed E-state index contributed by atoms with van der Waals surface area (Å²) in [6.07, 6.45) is -9.84. The molecule has 2 fully saturated rings. The van der Waals surface area contributed by atoms with Gasteiger partial charge in [-0.3, -0.25) is 28.3 Å². The van der Waals surface area contributed by atoms with Crippen molar-refractivity contribution in [3.8, 4) is 0 Å². The Bertz CT molecular complexity index is 1980. The monoisotopic (exact) mass is 869 g/mol. The van der Waals surface area contributed by atoms with Gasteiger partial charge >= 0.3 is 43.4 Å². The third-order valence-electron chi connectivity index (χ3n) is 8.37. The second-order valence-electron chi connectivity index (χ2n) is 14.4. The lowest BCUT2D eigenvalue weighted by Crippen LogP contribution is -2.45. The lowest BCUT2D eigenvalue weighted by molar-refractivity contribution is -0.179. The Morgan fingerprint density at radius 1 is 0.746 bits per heavy atom. The highest BCUT2D eigenvalue weighted by Crippen LogP contribution is 2.45. The molecule has 2 aliphatic heterocycles. The number of anilines is 2. The van der Waals surface area contributed by atoms with Gasteiger partial charge in [0.1, 0.15) is 30.5 Å². The molecular weight excluding hydrogens is 823 g/mol. The molecule has 7 atom stereocenters. The first-order valence-electron chi connectivity index (χ1n) is 18.0. The van der Waals surface area contributed by atoms with Crippen LogP contribution in [0.4, 0.5) is 29.2 Å². The van der Waals surface area contributed by atoms with Crippen LogP contribution in [-0.2, 0) is 47.2 Å². The minimum atomic E-state index is -3.91. The van der Waals surface area contributed by atoms with Gasteiger partial charge in [0, 0.05) is 28.8 Å². The number of esters is 2. The number of aromatic nitrogens is 4. The number of nitrogens with one attached hydrogen (secondary N) is 2. The predicted molar refractivity (Wildman–Crippen MR) is 194 cm³/mol. The molecule has 2 aromatic heterocycles. The number of amides is 2. The SMILES string of the molecule is CC(C)C(=O)Nc1ccn([C@@H]2O[C@H](CO)C(OC(=O)C(C)C)C2(F)F)c(=O)n1.CC(C)C(=O)Nc1ccn([C@@H]2O[C@H](CO[P+](=O)O)C(OC(=O)C(C)C)C2(F)F)c(=O)n1. The Labute approximate surface area is 334 Å². The quantitative estimate of drug-likeness (QED) is 0.121. The van der Waals surface area contributed by atoms with Crippen LogP contribution in [0.15, 0.2) is 34.1 Å². The van der Waals surface area contributed by atoms with Crippen LogP contribution in [0.2, 0.25) is 0 Å². The summed E-state index contributed by atoms with van der Waals surface area (Å²) in [5.74, 6) is -12.8. The minimum absolute atomic E-state index is 0.0947. The molecule has 4 rings (SSSR count). The van der Waals surface area contributed by atoms with Crippen molar-refractivity contribution >= 4 is 43.6 Å². The van der Waals surface area contributed by atoms with Crippen LogP contribution in [-0.4, -0.2) is 102 Å². The first-order valence-corrected chi connectivity index (χ1v) is 19.1. The normalized spacial score (nSPS) is 23.5. The second kappa shape index (κ2) is 20.0. The number of carbonyl (C=O) groups is 4. The fourth-order valence-electron chi connectivity index (χ4n) is 5.03. The fourth-order valence-corrected chi connectivity index (χ4v) is 5.31. The van der Waals surface area contributed by atoms with Crippen LogP contribution in [0.1, 0.15) is 67.8 Å². The summed E-state index contributed by atoms with van der Waals surface area (Å²) in [6.45, 7) is 10.7. The number of carbonyl (C=O) groups excluding carboxylic acids is 4. The highest BCUT2D eigenvalue weighted by Gasteiger charge is 2.64. The summed E-state index contributed by atoms with van der Waals surface area (Å²) in [4.78, 5) is 87.5. The van der Waals surface area contributed by atoms with Gasteiger partial charge in [0.05, 0.1) is 18.4 Å². The predicted octanol–water partition coefficient (Wildman–Crippen LogP) is 2.54. The summed E-state index contributed by atoms with van der Waals surface area (Å²) < 4.78 is 96.1. The molecule has 328 valence electrons. The maximum Gasteiger partial charge on any atom is 0.694 e. The molecule has 2 amide bonds. The van der Waals surface area contributed by atoms with Gasteiger partial charge in [-0.25, -0.2) is 9.59 Å². The van der Waals surface area contributed by atoms with E-state index < -0.39 is 123 Å². The molecule has 25 heteroatoms. The summed E-state index contributed by atoms with van der Waals surface area (Å²) >= 11 is 0. The number of aliphatic hydroxyl groups excluding tert-OH is 1. The molecule has 2 aromatic rings. The zero-order valence-corrected chi connectivity index (χ0v) is 33.9. The van der Waals surface area contributed by atoms with Crippen LogP contribution in [0.3, 0.4) is 0 Å². The van der Waals surface area contributed by atoms with E-state index in [2.05, 4.69) is 25.1 Å². The minimum Gasteiger partial charge on any atom is -0.453 e. The van der Waals surface area contributed by atoms with Crippen molar-refractivity contribution in [1.82, 2.24) is 19.1 Å². The molecule has 0 spiro atoms. The van der Waals surface area contributed by atoms with E-state index in [9.17, 15) is 47.2 Å². The van der Waals surface area contributed by atoms with Gasteiger partial charge in [-0.15, -0.1) is 9.42 Å². The maximum atomic E-state index is 15.1. The van der Waals surface area contributed by atoms with Crippen molar-refractivity contribution in [1.29, 1.82) is 0 Å². The van der Waals surface area contributed by atoms with Gasteiger partial charge in [0.25, 0.3) is 0 Å². The van der Waals surface area contributed by atoms with Gasteiger partial charge < -0.3 is 34.7 Å². The van der Waals surface area contributed by atoms with Crippen molar-refractivity contribution in [3.63, 3.8) is 0 Å². The number of alkyl halides is 4. The van der Waals surface area contributed by atoms with Crippen LogP contribution in [0.25, 0.3) is 0 Å². The van der Waals surface area contributed by atoms with Gasteiger partial charge in [-0.2, -0.15) is 27.5 Å². The number of ether oxygens (including phenoxy) is 4. The first-order chi connectivity index (χ1) is 27.3. The Morgan fingerprint density at radius 2 is 1.12 bits per heavy atom. The number of aliphatic hydroxyl groups is 1. The third kappa shape index (κ3) is 11.9. The van der Waals surface area contributed by atoms with Crippen LogP contribution >= 0.6 is 8.25 Å². The fraction of sp³-hybridized carbons (Fsp3) is 0.647. The molecule has 59 heavy (non-hydrogen) atoms. The van der Waals surface area contributed by atoms with E-state index in [1.165, 1.54) is 33.8 Å². The van der Waals surface area contributed by atoms with Gasteiger partial charge in [-0.05, 0) is 12.1 Å². The standard InChI is InChI=1S/C17H22F2N3O8P.C17H23F2N3O6/c1-8(2)13(23)20-11-5-6-22(16(25)21-11)15-17(18,19)12(30-14(24)9(3)4)10(29-15)7-28-31(26)27;1-8(2)13(24)20-11-5-6-22(16(26)21-11)15-17(18,19)12(10(7-23)27-15)28-14(25)9(3)4/h5-6,8-10,12,15H,7H2,1-4H3,(H-,20,21,23,25,26,27);5-6,8-10,12,15,23H,7H2,1-4H3,(H,20,21,24,26)/p+1/t2*10-,12?,15-/m11/s1. The zero-order chi connectivity index (χ0) is 44.7. The maximum absolute atomic E-state index is 15.1. The van der Waals surface area contributed by atoms with E-state index in [4.69, 9.17) is 23.8 Å². The molecule has 2 aliphatic rings. The average Bonchev–Trinajstić information content (AvgIpc) is 3.53. The molecule has 0 radical (unpaired) electrons. The summed E-state index contributed by atoms with van der Waals surface area (Å²) in [7, 11) is -3.13. The molecule has 2 saturated heterocycles. The van der Waals surface area contributed by atoms with E-state index in [1.54, 1.807) is 27.7 Å². The lowest BCUT2D eigenvalue weighted by atomic mass is 10.1. The molecule has 20 nitrogen and oxygen atoms in total. The number of halogens is 4. The number of hydrogen-bond acceptors (Lipinski definition) is 15. The lowest BCUT2D eigenvalue weighted by Gasteiger charge is -2.24. The largest absolute Gasteiger partial charge is 0.694 e. The molecule has 0 bridgehead atoms. The summed E-state index contributed by atoms with van der Waals surface area (Å²) in [6, 6.07) is 2.30. The Balaban J connectivity index is 0.000000317. The molecule has 3 unspecified atom stereocenters. The Morgan fingerprint density at radius 3 is 1.44 bits per heavy atom. The van der Waals surface area contributed by atoms with Crippen LogP contribution in [0, 0.1) is 23.7 Å². The topological polar surface area (TPSA) is 266 Å². The number of rotatable bonds is 14. The van der Waals surface area contributed by atoms with Crippen LogP contribution in [0.5, 0.6) is 0 Å². The summed E-state index contributed by atoms with van der Waals surface area (Å²) in [5, 5.41) is 14.1. The van der Waals surface area contributed by atoms with E-state index in [0.29, 0.717) is 9.13 Å². The van der Waals surface area contributed by atoms with Crippen molar-refractivity contribution < 1.29 is 74.8 Å². The Hall–Kier alpha value is -4.74. The molecule has 0 saturated carbocycles. The van der Waals surface area contributed by atoms with Gasteiger partial charge in [-0.1, -0.05) is 55.4 Å². The van der Waals surface area contributed by atoms with Crippen molar-refractivity contribution in [3.05, 3.63) is 45.5 Å². The highest BCUT2D eigenvalue weighted by molar-refractivity contribution is 7.32. The highest BCUT2D eigenvalue weighted by atomic mass is 31.1. The molecule has 4 N–H and O–H groups in total. The second-order valence-corrected chi connectivity index (χ2v) is 15.2. The smallest absolute Gasteiger partial charge is 0.453 e. The average molecular weight is 870 g/mol. The third-order valence-corrected chi connectivity index (χ3v) is 8.74. The van der Waals surface area contributed by atoms with E-state index in [-0.39, 0.29) is 17.6 Å². The summed E-state index contributed by atoms with van der Waals surface area (Å²) in [5.41, 5.74) is -2.26. The van der Waals surface area contributed by atoms with Gasteiger partial charge in [0.2, 0.25) is 24.3 Å². The Kier molecular flexibility index (Phi) is 16.5. The van der Waals surface area contributed by atoms with E-state index in [0.717, 1.165) is 18.5 Å². The van der Waals surface area contributed by atoms with E-state index in [1.807, 2.05) is 0 Å². The van der Waals surface area contributed by atoms with Gasteiger partial charge in [0.15, 0.2) is 12.2 Å². The van der Waals surface area contributed by atoms with Crippen molar-refractivity contribution in [2.45, 2.75) is 104 Å². The van der Waals surface area contributed by atoms with E-state index >= 15 is 8.78 Å². The van der Waals surface area contributed by atoms with Crippen molar-refractivity contribution in [2.75, 3.05) is 23.8 Å². The zero-order valence-electron chi connectivity index (χ0n) is 33.0. The molecule has 4 heterocycles. The molecule has 0 aliphatic carbocycles. The van der Waals surface area contributed by atoms with Crippen molar-refractivity contribution in [2.24, 2.45) is 23.7 Å².